The molecule has 0 spiro atoms. The fourth-order valence-electron chi connectivity index (χ4n) is 2.52. The summed E-state index contributed by atoms with van der Waals surface area (Å²) in [6.45, 7) is 3.48. The van der Waals surface area contributed by atoms with Gasteiger partial charge < -0.3 is 5.73 Å². The number of nitrogens with two attached hydrogens (primary N) is 1. The number of benzene rings is 1. The van der Waals surface area contributed by atoms with Gasteiger partial charge in [-0.25, -0.2) is 8.42 Å². The van der Waals surface area contributed by atoms with Crippen LogP contribution in [0.2, 0.25) is 0 Å². The van der Waals surface area contributed by atoms with E-state index < -0.39 is 10.0 Å². The number of hydrogen-bond donors (Lipinski definition) is 1. The van der Waals surface area contributed by atoms with E-state index in [9.17, 15) is 8.42 Å². The molecule has 0 radical (unpaired) electrons. The van der Waals surface area contributed by atoms with Gasteiger partial charge in [0.2, 0.25) is 10.0 Å². The number of pyridine rings is 1. The maximum Gasteiger partial charge on any atom is 0.243 e. The van der Waals surface area contributed by atoms with Gasteiger partial charge in [0.15, 0.2) is 0 Å². The van der Waals surface area contributed by atoms with E-state index in [1.807, 2.05) is 19.1 Å². The molecule has 1 saturated heterocycles. The number of sulfonamides is 1. The lowest BCUT2D eigenvalue weighted by atomic mass is 10.0. The molecule has 0 unspecified atom stereocenters. The van der Waals surface area contributed by atoms with Crippen LogP contribution >= 0.6 is 0 Å². The third kappa shape index (κ3) is 2.00. The summed E-state index contributed by atoms with van der Waals surface area (Å²) in [7, 11) is -3.45. The highest BCUT2D eigenvalue weighted by atomic mass is 32.2. The quantitative estimate of drug-likeness (QED) is 0.919. The van der Waals surface area contributed by atoms with Crippen LogP contribution in [0.25, 0.3) is 10.9 Å². The van der Waals surface area contributed by atoms with Crippen molar-refractivity contribution in [1.29, 1.82) is 0 Å². The Kier molecular flexibility index (Phi) is 3.24. The zero-order valence-electron chi connectivity index (χ0n) is 11.3. The van der Waals surface area contributed by atoms with Crippen LogP contribution in [0.15, 0.2) is 35.4 Å². The number of hydrogen-bond acceptors (Lipinski definition) is 4. The molecule has 0 aliphatic carbocycles. The molecule has 1 aromatic carbocycles. The van der Waals surface area contributed by atoms with Crippen LogP contribution in [0.1, 0.15) is 5.56 Å². The fourth-order valence-corrected chi connectivity index (χ4v) is 4.29. The van der Waals surface area contributed by atoms with E-state index in [0.717, 1.165) is 11.1 Å². The first kappa shape index (κ1) is 13.5. The Morgan fingerprint density at radius 3 is 2.80 bits per heavy atom. The molecule has 0 bridgehead atoms. The van der Waals surface area contributed by atoms with E-state index in [-0.39, 0.29) is 5.92 Å². The normalized spacial score (nSPS) is 17.3. The molecule has 1 aliphatic heterocycles. The number of fused-ring (bicyclic) bond motifs is 1. The second kappa shape index (κ2) is 4.80. The molecule has 0 amide bonds. The first-order chi connectivity index (χ1) is 9.54. The molecule has 3 rings (SSSR count). The van der Waals surface area contributed by atoms with Gasteiger partial charge in [-0.1, -0.05) is 6.07 Å². The van der Waals surface area contributed by atoms with Gasteiger partial charge >= 0.3 is 0 Å². The largest absolute Gasteiger partial charge is 0.330 e. The lowest BCUT2D eigenvalue weighted by Gasteiger charge is -2.37. The van der Waals surface area contributed by atoms with Gasteiger partial charge in [-0.15, -0.1) is 0 Å². The average Bonchev–Trinajstić information content (AvgIpc) is 2.37. The minimum atomic E-state index is -3.45. The van der Waals surface area contributed by atoms with E-state index in [0.29, 0.717) is 29.9 Å². The number of aromatic nitrogens is 1. The first-order valence-corrected chi connectivity index (χ1v) is 8.02. The molecular weight excluding hydrogens is 274 g/mol. The zero-order chi connectivity index (χ0) is 14.3. The van der Waals surface area contributed by atoms with Gasteiger partial charge in [-0.05, 0) is 43.1 Å². The summed E-state index contributed by atoms with van der Waals surface area (Å²) in [4.78, 5) is 4.62. The lowest BCUT2D eigenvalue weighted by Crippen LogP contribution is -2.52. The van der Waals surface area contributed by atoms with Crippen molar-refractivity contribution in [3.8, 4) is 0 Å². The van der Waals surface area contributed by atoms with Gasteiger partial charge in [-0.3, -0.25) is 4.98 Å². The maximum atomic E-state index is 12.7. The zero-order valence-corrected chi connectivity index (χ0v) is 12.1. The van der Waals surface area contributed by atoms with E-state index >= 15 is 0 Å². The van der Waals surface area contributed by atoms with Crippen LogP contribution < -0.4 is 5.73 Å². The molecule has 1 aliphatic rings. The third-order valence-corrected chi connectivity index (χ3v) is 5.70. The molecule has 2 aromatic rings. The predicted molar refractivity (Wildman–Crippen MR) is 77.8 cm³/mol. The lowest BCUT2D eigenvalue weighted by molar-refractivity contribution is 0.207. The maximum absolute atomic E-state index is 12.7. The Balaban J connectivity index is 2.09. The van der Waals surface area contributed by atoms with Crippen molar-refractivity contribution in [1.82, 2.24) is 9.29 Å². The second-order valence-electron chi connectivity index (χ2n) is 5.20. The minimum Gasteiger partial charge on any atom is -0.330 e. The van der Waals surface area contributed by atoms with Crippen LogP contribution in [0, 0.1) is 12.8 Å². The molecule has 5 nitrogen and oxygen atoms in total. The summed E-state index contributed by atoms with van der Waals surface area (Å²) in [5.41, 5.74) is 7.27. The Hall–Kier alpha value is -1.50. The van der Waals surface area contributed by atoms with Gasteiger partial charge in [0.1, 0.15) is 0 Å². The fraction of sp³-hybridized carbons (Fsp3) is 0.357. The molecule has 0 saturated carbocycles. The Bertz CT molecular complexity index is 752. The van der Waals surface area contributed by atoms with Gasteiger partial charge in [0, 0.05) is 24.7 Å². The van der Waals surface area contributed by atoms with Gasteiger partial charge in [0.05, 0.1) is 10.4 Å². The van der Waals surface area contributed by atoms with E-state index in [1.54, 1.807) is 18.3 Å². The van der Waals surface area contributed by atoms with Crippen molar-refractivity contribution < 1.29 is 8.42 Å². The molecule has 0 atom stereocenters. The standard InChI is InChI=1S/C14H17N3O2S/c1-10-4-5-13(12-3-2-6-16-14(10)12)20(18,19)17-8-11(7-15)9-17/h2-6,11H,7-9,15H2,1H3. The third-order valence-electron chi connectivity index (χ3n) is 3.81. The smallest absolute Gasteiger partial charge is 0.243 e. The van der Waals surface area contributed by atoms with E-state index in [2.05, 4.69) is 4.98 Å². The molecular formula is C14H17N3O2S. The summed E-state index contributed by atoms with van der Waals surface area (Å²) < 4.78 is 26.8. The molecule has 2 N–H and O–H groups in total. The van der Waals surface area contributed by atoms with Crippen molar-refractivity contribution in [2.24, 2.45) is 11.7 Å². The Morgan fingerprint density at radius 1 is 1.35 bits per heavy atom. The Labute approximate surface area is 118 Å². The topological polar surface area (TPSA) is 76.3 Å². The molecule has 6 heteroatoms. The average molecular weight is 291 g/mol. The predicted octanol–water partition coefficient (Wildman–Crippen LogP) is 1.12. The monoisotopic (exact) mass is 291 g/mol. The summed E-state index contributed by atoms with van der Waals surface area (Å²) >= 11 is 0. The van der Waals surface area contributed by atoms with Crippen molar-refractivity contribution in [2.75, 3.05) is 19.6 Å². The Morgan fingerprint density at radius 2 is 2.10 bits per heavy atom. The molecule has 106 valence electrons. The summed E-state index contributed by atoms with van der Waals surface area (Å²) in [5.74, 6) is 0.277. The van der Waals surface area contributed by atoms with Crippen LogP contribution in [-0.4, -0.2) is 37.3 Å². The van der Waals surface area contributed by atoms with Crippen molar-refractivity contribution in [3.05, 3.63) is 36.0 Å². The van der Waals surface area contributed by atoms with Crippen molar-refractivity contribution >= 4 is 20.9 Å². The van der Waals surface area contributed by atoms with E-state index in [1.165, 1.54) is 4.31 Å². The van der Waals surface area contributed by atoms with Crippen LogP contribution in [0.3, 0.4) is 0 Å². The van der Waals surface area contributed by atoms with E-state index in [4.69, 9.17) is 5.73 Å². The second-order valence-corrected chi connectivity index (χ2v) is 7.11. The number of rotatable bonds is 3. The summed E-state index contributed by atoms with van der Waals surface area (Å²) in [6, 6.07) is 7.05. The minimum absolute atomic E-state index is 0.277. The highest BCUT2D eigenvalue weighted by Crippen LogP contribution is 2.30. The molecule has 20 heavy (non-hydrogen) atoms. The van der Waals surface area contributed by atoms with Crippen LogP contribution in [0.4, 0.5) is 0 Å². The number of nitrogens with zero attached hydrogens (tertiary/aromatic N) is 2. The highest BCUT2D eigenvalue weighted by molar-refractivity contribution is 7.89. The molecule has 1 fully saturated rings. The van der Waals surface area contributed by atoms with Crippen LogP contribution in [0.5, 0.6) is 0 Å². The molecule has 1 aromatic heterocycles. The first-order valence-electron chi connectivity index (χ1n) is 6.58. The number of aryl methyl sites for hydroxylation is 1. The van der Waals surface area contributed by atoms with Gasteiger partial charge in [0.25, 0.3) is 0 Å². The van der Waals surface area contributed by atoms with Crippen molar-refractivity contribution in [3.63, 3.8) is 0 Å². The SMILES string of the molecule is Cc1ccc(S(=O)(=O)N2CC(CN)C2)c2cccnc12. The molecule has 2 heterocycles. The van der Waals surface area contributed by atoms with Crippen LogP contribution in [-0.2, 0) is 10.0 Å². The summed E-state index contributed by atoms with van der Waals surface area (Å²) in [5, 5.41) is 0.684. The van der Waals surface area contributed by atoms with Gasteiger partial charge in [-0.2, -0.15) is 4.31 Å². The van der Waals surface area contributed by atoms with Crippen molar-refractivity contribution in [2.45, 2.75) is 11.8 Å². The highest BCUT2D eigenvalue weighted by Gasteiger charge is 2.36. The summed E-state index contributed by atoms with van der Waals surface area (Å²) in [6.07, 6.45) is 1.68.